The van der Waals surface area contributed by atoms with E-state index in [0.29, 0.717) is 19.4 Å². The molecule has 0 saturated carbocycles. The van der Waals surface area contributed by atoms with Gasteiger partial charge < -0.3 is 24.1 Å². The molecule has 3 heterocycles. The van der Waals surface area contributed by atoms with Crippen LogP contribution in [0, 0.1) is 0 Å². The highest BCUT2D eigenvalue weighted by atomic mass is 16.7. The third-order valence-corrected chi connectivity index (χ3v) is 4.19. The number of ether oxygens (including phenoxy) is 3. The van der Waals surface area contributed by atoms with E-state index in [1.165, 1.54) is 0 Å². The molecule has 0 saturated heterocycles. The van der Waals surface area contributed by atoms with Crippen molar-refractivity contribution in [1.82, 2.24) is 14.9 Å². The van der Waals surface area contributed by atoms with Crippen molar-refractivity contribution in [2.75, 3.05) is 13.3 Å². The molecule has 1 aromatic heterocycles. The van der Waals surface area contributed by atoms with Crippen LogP contribution in [-0.2, 0) is 17.9 Å². The highest BCUT2D eigenvalue weighted by Crippen LogP contribution is 2.36. The molecule has 0 amide bonds. The van der Waals surface area contributed by atoms with Gasteiger partial charge in [0.15, 0.2) is 11.5 Å². The van der Waals surface area contributed by atoms with E-state index in [9.17, 15) is 0 Å². The minimum absolute atomic E-state index is 0.159. The largest absolute Gasteiger partial charge is 0.454 e. The molecule has 1 aromatic carbocycles. The number of nitrogens with one attached hydrogen (secondary N) is 1. The van der Waals surface area contributed by atoms with Crippen molar-refractivity contribution in [1.29, 1.82) is 0 Å². The molecule has 23 heavy (non-hydrogen) atoms. The number of nitrogens with zero attached hydrogens (tertiary/aromatic N) is 2. The van der Waals surface area contributed by atoms with Gasteiger partial charge in [0.25, 0.3) is 0 Å². The first-order chi connectivity index (χ1) is 11.2. The van der Waals surface area contributed by atoms with Gasteiger partial charge in [0.05, 0.1) is 24.5 Å². The van der Waals surface area contributed by atoms with Crippen molar-refractivity contribution in [3.63, 3.8) is 0 Å². The molecule has 0 bridgehead atoms. The fraction of sp³-hybridized carbons (Fsp3) is 0.471. The summed E-state index contributed by atoms with van der Waals surface area (Å²) in [6.07, 6.45) is 2.07. The Morgan fingerprint density at radius 1 is 1.30 bits per heavy atom. The maximum atomic E-state index is 5.89. The maximum Gasteiger partial charge on any atom is 0.231 e. The van der Waals surface area contributed by atoms with E-state index in [4.69, 9.17) is 14.2 Å². The number of aromatic nitrogens is 2. The lowest BCUT2D eigenvalue weighted by Crippen LogP contribution is -2.38. The second-order valence-corrected chi connectivity index (χ2v) is 6.23. The summed E-state index contributed by atoms with van der Waals surface area (Å²) in [6.45, 7) is 6.77. The Morgan fingerprint density at radius 3 is 3.04 bits per heavy atom. The van der Waals surface area contributed by atoms with E-state index in [1.807, 2.05) is 18.3 Å². The summed E-state index contributed by atoms with van der Waals surface area (Å²) in [6, 6.07) is 6.48. The van der Waals surface area contributed by atoms with E-state index < -0.39 is 0 Å². The number of benzene rings is 1. The van der Waals surface area contributed by atoms with Gasteiger partial charge in [-0.1, -0.05) is 13.8 Å². The summed E-state index contributed by atoms with van der Waals surface area (Å²) in [4.78, 5) is 4.50. The minimum atomic E-state index is 0.159. The molecule has 0 spiro atoms. The van der Waals surface area contributed by atoms with E-state index in [1.54, 1.807) is 0 Å². The van der Waals surface area contributed by atoms with Gasteiger partial charge in [0.1, 0.15) is 12.4 Å². The van der Waals surface area contributed by atoms with Crippen LogP contribution < -0.4 is 14.8 Å². The average molecular weight is 315 g/mol. The highest BCUT2D eigenvalue weighted by Gasteiger charge is 2.24. The molecule has 6 nitrogen and oxygen atoms in total. The zero-order chi connectivity index (χ0) is 15.8. The van der Waals surface area contributed by atoms with Gasteiger partial charge in [0, 0.05) is 18.2 Å². The molecule has 1 N–H and O–H groups in total. The first-order valence-corrected chi connectivity index (χ1v) is 8.00. The van der Waals surface area contributed by atoms with Crippen LogP contribution in [0.5, 0.6) is 11.5 Å². The summed E-state index contributed by atoms with van der Waals surface area (Å²) >= 11 is 0. The van der Waals surface area contributed by atoms with Crippen LogP contribution >= 0.6 is 0 Å². The SMILES string of the molecule is CC(C)NC[C@H]1Cn2c(-c3ccc4c(c3)OCO4)cnc2CO1. The molecular weight excluding hydrogens is 294 g/mol. The van der Waals surface area contributed by atoms with Gasteiger partial charge >= 0.3 is 0 Å². The van der Waals surface area contributed by atoms with Crippen LogP contribution in [0.15, 0.2) is 24.4 Å². The molecular formula is C17H21N3O3. The lowest BCUT2D eigenvalue weighted by atomic mass is 10.1. The van der Waals surface area contributed by atoms with E-state index in [-0.39, 0.29) is 6.10 Å². The van der Waals surface area contributed by atoms with Gasteiger partial charge in [-0.25, -0.2) is 4.98 Å². The van der Waals surface area contributed by atoms with Crippen molar-refractivity contribution in [2.24, 2.45) is 0 Å². The zero-order valence-electron chi connectivity index (χ0n) is 13.4. The van der Waals surface area contributed by atoms with Gasteiger partial charge in [-0.2, -0.15) is 0 Å². The molecule has 122 valence electrons. The Kier molecular flexibility index (Phi) is 3.71. The van der Waals surface area contributed by atoms with Crippen LogP contribution in [0.1, 0.15) is 19.7 Å². The fourth-order valence-electron chi connectivity index (χ4n) is 2.96. The van der Waals surface area contributed by atoms with Crippen molar-refractivity contribution in [3.05, 3.63) is 30.2 Å². The number of rotatable bonds is 4. The highest BCUT2D eigenvalue weighted by molar-refractivity contribution is 5.64. The number of hydrogen-bond donors (Lipinski definition) is 1. The fourth-order valence-corrected chi connectivity index (χ4v) is 2.96. The van der Waals surface area contributed by atoms with Gasteiger partial charge in [0.2, 0.25) is 6.79 Å². The molecule has 1 atom stereocenters. The van der Waals surface area contributed by atoms with Crippen molar-refractivity contribution in [3.8, 4) is 22.8 Å². The number of imidazole rings is 1. The summed E-state index contributed by atoms with van der Waals surface area (Å²) in [5.74, 6) is 2.57. The first kappa shape index (κ1) is 14.5. The van der Waals surface area contributed by atoms with Gasteiger partial charge in [-0.3, -0.25) is 0 Å². The molecule has 2 aromatic rings. The van der Waals surface area contributed by atoms with E-state index in [0.717, 1.165) is 41.7 Å². The lowest BCUT2D eigenvalue weighted by molar-refractivity contribution is 0.00248. The molecule has 0 radical (unpaired) electrons. The summed E-state index contributed by atoms with van der Waals surface area (Å²) in [5, 5.41) is 3.44. The molecule has 2 aliphatic heterocycles. The second-order valence-electron chi connectivity index (χ2n) is 6.23. The predicted octanol–water partition coefficient (Wildman–Crippen LogP) is 2.18. The Bertz CT molecular complexity index is 711. The third kappa shape index (κ3) is 2.80. The Balaban J connectivity index is 1.59. The number of hydrogen-bond acceptors (Lipinski definition) is 5. The molecule has 0 unspecified atom stereocenters. The van der Waals surface area contributed by atoms with Crippen LogP contribution in [0.4, 0.5) is 0 Å². The first-order valence-electron chi connectivity index (χ1n) is 8.00. The van der Waals surface area contributed by atoms with Crippen LogP contribution in [-0.4, -0.2) is 35.0 Å². The molecule has 2 aliphatic rings. The van der Waals surface area contributed by atoms with Crippen molar-refractivity contribution >= 4 is 0 Å². The summed E-state index contributed by atoms with van der Waals surface area (Å²) in [7, 11) is 0. The normalized spacial score (nSPS) is 19.2. The molecule has 0 fully saturated rings. The van der Waals surface area contributed by atoms with Crippen LogP contribution in [0.2, 0.25) is 0 Å². The average Bonchev–Trinajstić information content (AvgIpc) is 3.18. The quantitative estimate of drug-likeness (QED) is 0.937. The predicted molar refractivity (Wildman–Crippen MR) is 85.5 cm³/mol. The van der Waals surface area contributed by atoms with Gasteiger partial charge in [-0.05, 0) is 18.2 Å². The van der Waals surface area contributed by atoms with Gasteiger partial charge in [-0.15, -0.1) is 0 Å². The molecule has 6 heteroatoms. The minimum Gasteiger partial charge on any atom is -0.454 e. The topological polar surface area (TPSA) is 57.5 Å². The van der Waals surface area contributed by atoms with E-state index >= 15 is 0 Å². The summed E-state index contributed by atoms with van der Waals surface area (Å²) in [5.41, 5.74) is 2.18. The van der Waals surface area contributed by atoms with Crippen molar-refractivity contribution < 1.29 is 14.2 Å². The standard InChI is InChI=1S/C17H21N3O3/c1-11(2)18-6-13-8-20-14(7-19-17(20)9-21-13)12-3-4-15-16(5-12)23-10-22-15/h3-5,7,11,13,18H,6,8-10H2,1-2H3/t13-/m0/s1. The monoisotopic (exact) mass is 315 g/mol. The van der Waals surface area contributed by atoms with E-state index in [2.05, 4.69) is 34.8 Å². The zero-order valence-corrected chi connectivity index (χ0v) is 13.4. The smallest absolute Gasteiger partial charge is 0.231 e. The second kappa shape index (κ2) is 5.86. The Labute approximate surface area is 135 Å². The lowest BCUT2D eigenvalue weighted by Gasteiger charge is -2.27. The van der Waals surface area contributed by atoms with Crippen LogP contribution in [0.25, 0.3) is 11.3 Å². The molecule has 4 rings (SSSR count). The maximum absolute atomic E-state index is 5.89. The third-order valence-electron chi connectivity index (χ3n) is 4.19. The number of fused-ring (bicyclic) bond motifs is 2. The van der Waals surface area contributed by atoms with Crippen LogP contribution in [0.3, 0.4) is 0 Å². The Morgan fingerprint density at radius 2 is 2.17 bits per heavy atom. The Hall–Kier alpha value is -2.05. The summed E-state index contributed by atoms with van der Waals surface area (Å²) < 4.78 is 19.0. The molecule has 0 aliphatic carbocycles. The van der Waals surface area contributed by atoms with Crippen molar-refractivity contribution in [2.45, 2.75) is 39.1 Å².